The maximum atomic E-state index is 12.3. The highest BCUT2D eigenvalue weighted by Crippen LogP contribution is 2.44. The fraction of sp³-hybridized carbons (Fsp3) is 0.0952. The minimum Gasteiger partial charge on any atom is -0.477 e. The van der Waals surface area contributed by atoms with Gasteiger partial charge < -0.3 is 9.84 Å². The van der Waals surface area contributed by atoms with Gasteiger partial charge >= 0.3 is 12.1 Å². The number of amides is 1. The molecule has 1 aliphatic carbocycles. The van der Waals surface area contributed by atoms with Gasteiger partial charge in [-0.25, -0.2) is 14.6 Å². The molecule has 29 heavy (non-hydrogen) atoms. The topological polar surface area (TPSA) is 88.5 Å². The second kappa shape index (κ2) is 6.98. The average molecular weight is 422 g/mol. The molecule has 0 saturated carbocycles. The largest absolute Gasteiger partial charge is 0.477 e. The molecule has 0 fully saturated rings. The van der Waals surface area contributed by atoms with Gasteiger partial charge in [-0.3, -0.25) is 5.32 Å². The minimum absolute atomic E-state index is 0.00827. The fourth-order valence-electron chi connectivity index (χ4n) is 3.62. The predicted molar refractivity (Wildman–Crippen MR) is 113 cm³/mol. The van der Waals surface area contributed by atoms with Gasteiger partial charge in [0.15, 0.2) is 5.13 Å². The number of thiazole rings is 1. The number of nitrogens with one attached hydrogen (secondary N) is 1. The Labute approximate surface area is 173 Å². The van der Waals surface area contributed by atoms with Crippen molar-refractivity contribution in [3.8, 4) is 11.1 Å². The first-order chi connectivity index (χ1) is 14.1. The van der Waals surface area contributed by atoms with E-state index in [1.54, 1.807) is 6.07 Å². The Morgan fingerprint density at radius 1 is 1.03 bits per heavy atom. The van der Waals surface area contributed by atoms with Crippen LogP contribution in [-0.4, -0.2) is 28.8 Å². The predicted octanol–water partition coefficient (Wildman–Crippen LogP) is 5.42. The van der Waals surface area contributed by atoms with Crippen LogP contribution in [0.4, 0.5) is 9.93 Å². The molecule has 0 saturated heterocycles. The van der Waals surface area contributed by atoms with E-state index >= 15 is 0 Å². The van der Waals surface area contributed by atoms with Crippen molar-refractivity contribution in [1.29, 1.82) is 0 Å². The summed E-state index contributed by atoms with van der Waals surface area (Å²) in [7, 11) is 0. The molecule has 0 bridgehead atoms. The van der Waals surface area contributed by atoms with Crippen molar-refractivity contribution in [2.45, 2.75) is 5.92 Å². The van der Waals surface area contributed by atoms with Crippen LogP contribution in [0.3, 0.4) is 0 Å². The summed E-state index contributed by atoms with van der Waals surface area (Å²) in [4.78, 5) is 28.4. The zero-order chi connectivity index (χ0) is 20.0. The van der Waals surface area contributed by atoms with Gasteiger partial charge in [0.1, 0.15) is 16.3 Å². The van der Waals surface area contributed by atoms with Crippen LogP contribution in [-0.2, 0) is 4.74 Å². The number of carboxylic acid groups (broad SMARTS) is 1. The Hall–Kier alpha value is -3.23. The third-order valence-corrected chi connectivity index (χ3v) is 6.92. The molecule has 2 aromatic carbocycles. The maximum Gasteiger partial charge on any atom is 0.413 e. The van der Waals surface area contributed by atoms with Gasteiger partial charge in [0.25, 0.3) is 0 Å². The first kappa shape index (κ1) is 17.8. The molecule has 2 N–H and O–H groups in total. The second-order valence-electron chi connectivity index (χ2n) is 6.55. The summed E-state index contributed by atoms with van der Waals surface area (Å²) in [5.41, 5.74) is 4.65. The van der Waals surface area contributed by atoms with Crippen LogP contribution >= 0.6 is 22.7 Å². The van der Waals surface area contributed by atoms with Crippen molar-refractivity contribution in [3.63, 3.8) is 0 Å². The van der Waals surface area contributed by atoms with Crippen molar-refractivity contribution < 1.29 is 19.4 Å². The molecular formula is C21H14N2O4S2. The Kier molecular flexibility index (Phi) is 4.30. The van der Waals surface area contributed by atoms with E-state index in [-0.39, 0.29) is 17.4 Å². The van der Waals surface area contributed by atoms with Gasteiger partial charge in [-0.15, -0.1) is 11.3 Å². The molecule has 0 aliphatic heterocycles. The number of anilines is 1. The van der Waals surface area contributed by atoms with Gasteiger partial charge in [-0.1, -0.05) is 59.9 Å². The SMILES string of the molecule is O=C(Nc1nc2sc(C(=O)O)cc2s1)OCC1c2ccccc2-c2ccccc21. The third kappa shape index (κ3) is 3.16. The van der Waals surface area contributed by atoms with Crippen LogP contribution in [0.2, 0.25) is 0 Å². The van der Waals surface area contributed by atoms with Crippen LogP contribution in [0, 0.1) is 0 Å². The molecule has 4 aromatic rings. The van der Waals surface area contributed by atoms with E-state index in [0.717, 1.165) is 27.2 Å². The summed E-state index contributed by atoms with van der Waals surface area (Å²) in [5, 5.41) is 12.1. The van der Waals surface area contributed by atoms with Crippen LogP contribution < -0.4 is 5.32 Å². The zero-order valence-corrected chi connectivity index (χ0v) is 16.5. The minimum atomic E-state index is -0.980. The molecule has 0 unspecified atom stereocenters. The van der Waals surface area contributed by atoms with Gasteiger partial charge in [0, 0.05) is 5.92 Å². The smallest absolute Gasteiger partial charge is 0.413 e. The number of nitrogens with zero attached hydrogens (tertiary/aromatic N) is 1. The molecule has 0 atom stereocenters. The molecule has 2 heterocycles. The lowest BCUT2D eigenvalue weighted by Crippen LogP contribution is -2.17. The molecule has 1 amide bonds. The first-order valence-electron chi connectivity index (χ1n) is 8.86. The van der Waals surface area contributed by atoms with Crippen molar-refractivity contribution in [2.24, 2.45) is 0 Å². The van der Waals surface area contributed by atoms with Crippen molar-refractivity contribution >= 4 is 49.4 Å². The average Bonchev–Trinajstić information content (AvgIpc) is 3.36. The van der Waals surface area contributed by atoms with Crippen LogP contribution in [0.25, 0.3) is 20.7 Å². The lowest BCUT2D eigenvalue weighted by atomic mass is 9.98. The zero-order valence-electron chi connectivity index (χ0n) is 14.9. The number of hydrogen-bond acceptors (Lipinski definition) is 6. The summed E-state index contributed by atoms with van der Waals surface area (Å²) in [5.74, 6) is -0.989. The molecule has 0 radical (unpaired) electrons. The molecule has 6 nitrogen and oxygen atoms in total. The van der Waals surface area contributed by atoms with Gasteiger partial charge in [0.05, 0.1) is 4.70 Å². The van der Waals surface area contributed by atoms with E-state index in [9.17, 15) is 9.59 Å². The molecule has 144 valence electrons. The summed E-state index contributed by atoms with van der Waals surface area (Å²) in [6, 6.07) is 17.9. The Balaban J connectivity index is 1.30. The monoisotopic (exact) mass is 422 g/mol. The van der Waals surface area contributed by atoms with Crippen molar-refractivity contribution in [2.75, 3.05) is 11.9 Å². The van der Waals surface area contributed by atoms with Crippen LogP contribution in [0.5, 0.6) is 0 Å². The fourth-order valence-corrected chi connectivity index (χ4v) is 5.56. The number of aromatic carboxylic acids is 1. The number of carboxylic acids is 1. The Morgan fingerprint density at radius 2 is 1.69 bits per heavy atom. The highest BCUT2D eigenvalue weighted by molar-refractivity contribution is 7.29. The quantitative estimate of drug-likeness (QED) is 0.459. The normalized spacial score (nSPS) is 12.6. The van der Waals surface area contributed by atoms with Crippen molar-refractivity contribution in [1.82, 2.24) is 4.98 Å². The summed E-state index contributed by atoms with van der Waals surface area (Å²) in [6.45, 7) is 0.225. The van der Waals surface area contributed by atoms with Gasteiger partial charge in [0.2, 0.25) is 0 Å². The second-order valence-corrected chi connectivity index (χ2v) is 8.62. The van der Waals surface area contributed by atoms with E-state index in [4.69, 9.17) is 9.84 Å². The molecule has 0 spiro atoms. The summed E-state index contributed by atoms with van der Waals surface area (Å²) < 4.78 is 6.23. The van der Waals surface area contributed by atoms with Crippen molar-refractivity contribution in [3.05, 3.63) is 70.6 Å². The van der Waals surface area contributed by atoms with E-state index < -0.39 is 12.1 Å². The van der Waals surface area contributed by atoms with Crippen LogP contribution in [0.1, 0.15) is 26.7 Å². The molecule has 2 aromatic heterocycles. The van der Waals surface area contributed by atoms with Gasteiger partial charge in [-0.05, 0) is 28.3 Å². The highest BCUT2D eigenvalue weighted by Gasteiger charge is 2.29. The van der Waals surface area contributed by atoms with E-state index in [1.165, 1.54) is 22.5 Å². The number of aromatic nitrogens is 1. The number of ether oxygens (including phenoxy) is 1. The summed E-state index contributed by atoms with van der Waals surface area (Å²) >= 11 is 2.30. The highest BCUT2D eigenvalue weighted by atomic mass is 32.1. The van der Waals surface area contributed by atoms with E-state index in [0.29, 0.717) is 9.96 Å². The number of benzene rings is 2. The number of thiophene rings is 1. The first-order valence-corrected chi connectivity index (χ1v) is 10.5. The molecule has 5 rings (SSSR count). The maximum absolute atomic E-state index is 12.3. The van der Waals surface area contributed by atoms with Crippen LogP contribution in [0.15, 0.2) is 54.6 Å². The molecule has 8 heteroatoms. The summed E-state index contributed by atoms with van der Waals surface area (Å²) in [6.07, 6.45) is -0.577. The number of fused-ring (bicyclic) bond motifs is 4. The van der Waals surface area contributed by atoms with E-state index in [2.05, 4.69) is 34.6 Å². The number of rotatable bonds is 4. The number of hydrogen-bond donors (Lipinski definition) is 2. The van der Waals surface area contributed by atoms with Gasteiger partial charge in [-0.2, -0.15) is 0 Å². The standard InChI is InChI=1S/C21H14N2O4S2/c24-19(25)17-9-16-18(28-17)22-20(29-16)23-21(26)27-10-15-13-7-3-1-5-11(13)12-6-2-4-8-14(12)15/h1-9,15H,10H2,(H,24,25)(H,22,23,26). The Morgan fingerprint density at radius 3 is 2.31 bits per heavy atom. The lowest BCUT2D eigenvalue weighted by molar-refractivity contribution is 0.0702. The molecule has 1 aliphatic rings. The molecular weight excluding hydrogens is 408 g/mol. The number of carbonyl (C=O) groups is 2. The number of carbonyl (C=O) groups excluding carboxylic acids is 1. The Bertz CT molecular complexity index is 1180. The van der Waals surface area contributed by atoms with E-state index in [1.807, 2.05) is 24.3 Å². The lowest BCUT2D eigenvalue weighted by Gasteiger charge is -2.14. The third-order valence-electron chi connectivity index (χ3n) is 4.85.